The van der Waals surface area contributed by atoms with Gasteiger partial charge in [-0.3, -0.25) is 4.79 Å². The third-order valence-corrected chi connectivity index (χ3v) is 2.79. The van der Waals surface area contributed by atoms with Crippen molar-refractivity contribution in [2.75, 3.05) is 13.6 Å². The summed E-state index contributed by atoms with van der Waals surface area (Å²) in [4.78, 5) is 11.5. The fourth-order valence-corrected chi connectivity index (χ4v) is 2.05. The van der Waals surface area contributed by atoms with E-state index < -0.39 is 0 Å². The van der Waals surface area contributed by atoms with E-state index in [2.05, 4.69) is 10.6 Å². The lowest BCUT2D eigenvalue weighted by molar-refractivity contribution is -0.126. The van der Waals surface area contributed by atoms with Gasteiger partial charge in [0.2, 0.25) is 5.91 Å². The number of nitriles is 1. The number of nitrogens with zero attached hydrogens (tertiary/aromatic N) is 1. The molecule has 1 fully saturated rings. The Kier molecular flexibility index (Phi) is 4.41. The molecule has 2 N–H and O–H groups in total. The predicted octanol–water partition coefficient (Wildman–Crippen LogP) is 0.404. The highest BCUT2D eigenvalue weighted by molar-refractivity contribution is 5.79. The maximum atomic E-state index is 11.5. The minimum atomic E-state index is 0.0436. The van der Waals surface area contributed by atoms with Crippen molar-refractivity contribution in [2.24, 2.45) is 5.92 Å². The van der Waals surface area contributed by atoms with Gasteiger partial charge in [-0.25, -0.2) is 0 Å². The Morgan fingerprint density at radius 1 is 1.50 bits per heavy atom. The van der Waals surface area contributed by atoms with Gasteiger partial charge < -0.3 is 10.6 Å². The largest absolute Gasteiger partial charge is 0.359 e. The van der Waals surface area contributed by atoms with Crippen LogP contribution in [0.2, 0.25) is 0 Å². The van der Waals surface area contributed by atoms with Crippen molar-refractivity contribution in [3.63, 3.8) is 0 Å². The highest BCUT2D eigenvalue weighted by Crippen LogP contribution is 2.24. The molecule has 2 unspecified atom stereocenters. The van der Waals surface area contributed by atoms with Gasteiger partial charge in [-0.15, -0.1) is 0 Å². The number of carbonyl (C=O) groups excluding carboxylic acids is 1. The lowest BCUT2D eigenvalue weighted by Crippen LogP contribution is -2.45. The second-order valence-electron chi connectivity index (χ2n) is 3.65. The summed E-state index contributed by atoms with van der Waals surface area (Å²) < 4.78 is 0. The van der Waals surface area contributed by atoms with Gasteiger partial charge in [0.15, 0.2) is 0 Å². The van der Waals surface area contributed by atoms with Crippen molar-refractivity contribution in [2.45, 2.75) is 31.7 Å². The quantitative estimate of drug-likeness (QED) is 0.641. The zero-order valence-electron chi connectivity index (χ0n) is 8.55. The molecule has 0 spiro atoms. The van der Waals surface area contributed by atoms with Crippen molar-refractivity contribution in [1.82, 2.24) is 10.6 Å². The number of nitrogens with one attached hydrogen (secondary N) is 2. The molecular formula is C10H17N3O. The monoisotopic (exact) mass is 195 g/mol. The van der Waals surface area contributed by atoms with E-state index >= 15 is 0 Å². The standard InChI is InChI=1S/C10H17N3O/c1-12-10(14)8-4-2-3-5-9(8)13-7-6-11/h8-9,13H,2-5,7H2,1H3,(H,12,14). The fourth-order valence-electron chi connectivity index (χ4n) is 2.05. The first kappa shape index (κ1) is 11.0. The third kappa shape index (κ3) is 2.71. The van der Waals surface area contributed by atoms with Gasteiger partial charge in [0.25, 0.3) is 0 Å². The average Bonchev–Trinajstić information content (AvgIpc) is 2.25. The zero-order chi connectivity index (χ0) is 10.4. The number of amides is 1. The number of rotatable bonds is 3. The summed E-state index contributed by atoms with van der Waals surface area (Å²) in [6, 6.07) is 2.23. The molecule has 1 saturated carbocycles. The molecule has 0 saturated heterocycles. The molecule has 2 atom stereocenters. The summed E-state index contributed by atoms with van der Waals surface area (Å²) in [6.07, 6.45) is 4.20. The molecule has 1 aliphatic carbocycles. The molecule has 0 aromatic rings. The first-order valence-corrected chi connectivity index (χ1v) is 5.11. The van der Waals surface area contributed by atoms with E-state index in [-0.39, 0.29) is 17.9 Å². The van der Waals surface area contributed by atoms with Crippen LogP contribution < -0.4 is 10.6 Å². The van der Waals surface area contributed by atoms with E-state index in [0.29, 0.717) is 6.54 Å². The minimum absolute atomic E-state index is 0.0436. The molecule has 0 bridgehead atoms. The molecule has 1 aliphatic rings. The van der Waals surface area contributed by atoms with E-state index in [1.165, 1.54) is 0 Å². The van der Waals surface area contributed by atoms with Crippen molar-refractivity contribution in [3.8, 4) is 6.07 Å². The van der Waals surface area contributed by atoms with Crippen LogP contribution in [0.5, 0.6) is 0 Å². The van der Waals surface area contributed by atoms with E-state index in [0.717, 1.165) is 25.7 Å². The molecule has 0 radical (unpaired) electrons. The Balaban J connectivity index is 2.50. The first-order chi connectivity index (χ1) is 6.79. The van der Waals surface area contributed by atoms with Gasteiger partial charge in [0, 0.05) is 13.1 Å². The maximum absolute atomic E-state index is 11.5. The smallest absolute Gasteiger partial charge is 0.224 e. The topological polar surface area (TPSA) is 64.9 Å². The van der Waals surface area contributed by atoms with Crippen LogP contribution in [0.15, 0.2) is 0 Å². The molecule has 1 amide bonds. The molecule has 78 valence electrons. The average molecular weight is 195 g/mol. The summed E-state index contributed by atoms with van der Waals surface area (Å²) in [5, 5.41) is 14.3. The van der Waals surface area contributed by atoms with Crippen LogP contribution in [0.3, 0.4) is 0 Å². The van der Waals surface area contributed by atoms with Crippen LogP contribution >= 0.6 is 0 Å². The van der Waals surface area contributed by atoms with Crippen molar-refractivity contribution < 1.29 is 4.79 Å². The Hall–Kier alpha value is -1.08. The lowest BCUT2D eigenvalue weighted by Gasteiger charge is -2.30. The van der Waals surface area contributed by atoms with Crippen LogP contribution in [0.1, 0.15) is 25.7 Å². The van der Waals surface area contributed by atoms with Crippen molar-refractivity contribution >= 4 is 5.91 Å². The van der Waals surface area contributed by atoms with Crippen LogP contribution in [-0.2, 0) is 4.79 Å². The summed E-state index contributed by atoms with van der Waals surface area (Å²) in [5.74, 6) is 0.141. The van der Waals surface area contributed by atoms with Gasteiger partial charge in [-0.1, -0.05) is 12.8 Å². The second kappa shape index (κ2) is 5.61. The molecule has 14 heavy (non-hydrogen) atoms. The van der Waals surface area contributed by atoms with Gasteiger partial charge in [-0.05, 0) is 12.8 Å². The minimum Gasteiger partial charge on any atom is -0.359 e. The molecule has 4 heteroatoms. The summed E-state index contributed by atoms with van der Waals surface area (Å²) in [6.45, 7) is 0.332. The molecule has 0 aliphatic heterocycles. The van der Waals surface area contributed by atoms with Crippen LogP contribution in [0.25, 0.3) is 0 Å². The first-order valence-electron chi connectivity index (χ1n) is 5.11. The predicted molar refractivity (Wildman–Crippen MR) is 53.4 cm³/mol. The summed E-state index contributed by atoms with van der Waals surface area (Å²) >= 11 is 0. The SMILES string of the molecule is CNC(=O)C1CCCCC1NCC#N. The Labute approximate surface area is 84.7 Å². The second-order valence-corrected chi connectivity index (χ2v) is 3.65. The summed E-state index contributed by atoms with van der Waals surface area (Å²) in [7, 11) is 1.66. The highest BCUT2D eigenvalue weighted by Gasteiger charge is 2.29. The molecular weight excluding hydrogens is 178 g/mol. The number of carbonyl (C=O) groups is 1. The molecule has 0 aromatic heterocycles. The fraction of sp³-hybridized carbons (Fsp3) is 0.800. The molecule has 4 nitrogen and oxygen atoms in total. The van der Waals surface area contributed by atoms with Gasteiger partial charge in [0.1, 0.15) is 0 Å². The van der Waals surface area contributed by atoms with E-state index in [1.807, 2.05) is 6.07 Å². The van der Waals surface area contributed by atoms with E-state index in [9.17, 15) is 4.79 Å². The number of hydrogen-bond donors (Lipinski definition) is 2. The van der Waals surface area contributed by atoms with Gasteiger partial charge in [0.05, 0.1) is 18.5 Å². The Bertz CT molecular complexity index is 234. The van der Waals surface area contributed by atoms with Crippen LogP contribution in [0.4, 0.5) is 0 Å². The lowest BCUT2D eigenvalue weighted by atomic mass is 9.84. The number of hydrogen-bond acceptors (Lipinski definition) is 3. The van der Waals surface area contributed by atoms with Gasteiger partial charge in [-0.2, -0.15) is 5.26 Å². The zero-order valence-corrected chi connectivity index (χ0v) is 8.55. The molecule has 0 aromatic carbocycles. The Morgan fingerprint density at radius 2 is 2.21 bits per heavy atom. The third-order valence-electron chi connectivity index (χ3n) is 2.79. The van der Waals surface area contributed by atoms with Crippen LogP contribution in [0, 0.1) is 17.2 Å². The van der Waals surface area contributed by atoms with Crippen molar-refractivity contribution in [1.29, 1.82) is 5.26 Å². The normalized spacial score (nSPS) is 26.6. The molecule has 0 heterocycles. The summed E-state index contributed by atoms with van der Waals surface area (Å²) in [5.41, 5.74) is 0. The van der Waals surface area contributed by atoms with Crippen LogP contribution in [-0.4, -0.2) is 25.5 Å². The van der Waals surface area contributed by atoms with Gasteiger partial charge >= 0.3 is 0 Å². The molecule has 1 rings (SSSR count). The Morgan fingerprint density at radius 3 is 2.86 bits per heavy atom. The maximum Gasteiger partial charge on any atom is 0.224 e. The van der Waals surface area contributed by atoms with E-state index in [1.54, 1.807) is 7.05 Å². The van der Waals surface area contributed by atoms with E-state index in [4.69, 9.17) is 5.26 Å². The van der Waals surface area contributed by atoms with Crippen molar-refractivity contribution in [3.05, 3.63) is 0 Å². The highest BCUT2D eigenvalue weighted by atomic mass is 16.1.